The number of aryl methyl sites for hydroxylation is 2. The van der Waals surface area contributed by atoms with Crippen LogP contribution in [0.2, 0.25) is 5.02 Å². The summed E-state index contributed by atoms with van der Waals surface area (Å²) in [5, 5.41) is 0.934. The largest absolute Gasteiger partial charge is 0.493 e. The molecule has 0 aliphatic carbocycles. The average Bonchev–Trinajstić information content (AvgIpc) is 2.87. The number of hydrogen-bond acceptors (Lipinski definition) is 7. The molecule has 0 fully saturated rings. The fourth-order valence-electron chi connectivity index (χ4n) is 3.59. The van der Waals surface area contributed by atoms with E-state index in [0.717, 1.165) is 16.7 Å². The van der Waals surface area contributed by atoms with E-state index in [1.54, 1.807) is 43.5 Å². The molecule has 0 saturated carbocycles. The molecule has 0 radical (unpaired) electrons. The Morgan fingerprint density at radius 3 is 2.31 bits per heavy atom. The third-order valence-electron chi connectivity index (χ3n) is 5.39. The Kier molecular flexibility index (Phi) is 7.31. The molecule has 1 heterocycles. The van der Waals surface area contributed by atoms with Crippen molar-refractivity contribution in [1.29, 1.82) is 0 Å². The highest BCUT2D eigenvalue weighted by molar-refractivity contribution is 6.32. The number of benzene rings is 3. The number of halogens is 1. The van der Waals surface area contributed by atoms with E-state index in [1.165, 1.54) is 37.6 Å². The predicted octanol–water partition coefficient (Wildman–Crippen LogP) is 6.49. The maximum Gasteiger partial charge on any atom is 0.336 e. The van der Waals surface area contributed by atoms with Crippen LogP contribution in [0.4, 0.5) is 0 Å². The predicted molar refractivity (Wildman–Crippen MR) is 138 cm³/mol. The van der Waals surface area contributed by atoms with Gasteiger partial charge in [-0.15, -0.1) is 0 Å². The molecule has 0 aliphatic heterocycles. The van der Waals surface area contributed by atoms with Gasteiger partial charge >= 0.3 is 5.97 Å². The second-order valence-electron chi connectivity index (χ2n) is 7.93. The normalized spacial score (nSPS) is 11.0. The smallest absolute Gasteiger partial charge is 0.336 e. The Bertz CT molecular complexity index is 1510. The topological polar surface area (TPSA) is 84.2 Å². The number of rotatable bonds is 7. The molecule has 0 N–H and O–H groups in total. The Morgan fingerprint density at radius 2 is 1.61 bits per heavy atom. The van der Waals surface area contributed by atoms with Gasteiger partial charge in [-0.2, -0.15) is 0 Å². The Balaban J connectivity index is 1.50. The van der Waals surface area contributed by atoms with Gasteiger partial charge in [-0.25, -0.2) is 4.79 Å². The van der Waals surface area contributed by atoms with Gasteiger partial charge in [0.25, 0.3) is 0 Å². The number of esters is 1. The van der Waals surface area contributed by atoms with Gasteiger partial charge in [0.15, 0.2) is 11.5 Å². The second kappa shape index (κ2) is 10.6. The molecule has 0 saturated heterocycles. The molecule has 4 aromatic rings. The zero-order valence-corrected chi connectivity index (χ0v) is 20.8. The molecule has 0 aliphatic rings. The minimum absolute atomic E-state index is 0.0335. The molecular formula is C28H23ClO7. The van der Waals surface area contributed by atoms with Crippen molar-refractivity contribution >= 4 is 34.6 Å². The summed E-state index contributed by atoms with van der Waals surface area (Å²) < 4.78 is 27.2. The number of methoxy groups -OCH3 is 2. The highest BCUT2D eigenvalue weighted by Crippen LogP contribution is 2.30. The number of carbonyl (C=O) groups is 1. The molecule has 8 heteroatoms. The fraction of sp³-hybridized carbons (Fsp3) is 0.143. The maximum absolute atomic E-state index is 12.9. The minimum Gasteiger partial charge on any atom is -0.493 e. The third-order valence-corrected chi connectivity index (χ3v) is 5.99. The van der Waals surface area contributed by atoms with Crippen molar-refractivity contribution in [3.05, 3.63) is 92.8 Å². The number of fused-ring (bicyclic) bond motifs is 1. The van der Waals surface area contributed by atoms with Gasteiger partial charge in [-0.3, -0.25) is 4.79 Å². The van der Waals surface area contributed by atoms with Crippen LogP contribution in [-0.4, -0.2) is 20.2 Å². The Morgan fingerprint density at radius 1 is 0.889 bits per heavy atom. The van der Waals surface area contributed by atoms with E-state index in [2.05, 4.69) is 0 Å². The molecule has 7 nitrogen and oxygen atoms in total. The van der Waals surface area contributed by atoms with Crippen molar-refractivity contribution in [3.8, 4) is 28.7 Å². The van der Waals surface area contributed by atoms with Crippen LogP contribution in [0.15, 0.2) is 70.1 Å². The molecule has 0 spiro atoms. The second-order valence-corrected chi connectivity index (χ2v) is 8.31. The van der Waals surface area contributed by atoms with Crippen molar-refractivity contribution in [2.24, 2.45) is 0 Å². The summed E-state index contributed by atoms with van der Waals surface area (Å²) in [6, 6.07) is 13.3. The maximum atomic E-state index is 12.9. The summed E-state index contributed by atoms with van der Waals surface area (Å²) in [6.07, 6.45) is 4.11. The molecule has 1 aromatic heterocycles. The monoisotopic (exact) mass is 506 g/mol. The van der Waals surface area contributed by atoms with Gasteiger partial charge < -0.3 is 23.4 Å². The van der Waals surface area contributed by atoms with Crippen molar-refractivity contribution < 1.29 is 28.2 Å². The van der Waals surface area contributed by atoms with Gasteiger partial charge in [0.2, 0.25) is 11.2 Å². The first-order chi connectivity index (χ1) is 17.3. The molecule has 0 atom stereocenters. The molecule has 0 unspecified atom stereocenters. The van der Waals surface area contributed by atoms with Crippen LogP contribution in [0.5, 0.6) is 28.7 Å². The van der Waals surface area contributed by atoms with E-state index in [4.69, 9.17) is 35.0 Å². The summed E-state index contributed by atoms with van der Waals surface area (Å²) in [4.78, 5) is 25.2. The first-order valence-electron chi connectivity index (χ1n) is 10.9. The van der Waals surface area contributed by atoms with Gasteiger partial charge in [-0.1, -0.05) is 17.7 Å². The van der Waals surface area contributed by atoms with E-state index >= 15 is 0 Å². The molecule has 3 aromatic carbocycles. The van der Waals surface area contributed by atoms with Crippen LogP contribution in [0.3, 0.4) is 0 Å². The number of carbonyl (C=O) groups excluding carboxylic acids is 1. The Labute approximate surface area is 212 Å². The Hall–Kier alpha value is -4.23. The highest BCUT2D eigenvalue weighted by atomic mass is 35.5. The van der Waals surface area contributed by atoms with Crippen LogP contribution in [-0.2, 0) is 4.79 Å². The lowest BCUT2D eigenvalue weighted by molar-refractivity contribution is -0.128. The van der Waals surface area contributed by atoms with Gasteiger partial charge in [-0.05, 0) is 73.0 Å². The van der Waals surface area contributed by atoms with Gasteiger partial charge in [0.1, 0.15) is 23.3 Å². The lowest BCUT2D eigenvalue weighted by atomic mass is 10.1. The van der Waals surface area contributed by atoms with E-state index in [-0.39, 0.29) is 27.9 Å². The zero-order chi connectivity index (χ0) is 25.8. The van der Waals surface area contributed by atoms with Crippen LogP contribution in [0.1, 0.15) is 16.7 Å². The first kappa shape index (κ1) is 24.9. The molecular weight excluding hydrogens is 484 g/mol. The van der Waals surface area contributed by atoms with Crippen molar-refractivity contribution in [2.45, 2.75) is 13.8 Å². The van der Waals surface area contributed by atoms with Gasteiger partial charge in [0.05, 0.1) is 19.6 Å². The van der Waals surface area contributed by atoms with E-state index in [9.17, 15) is 9.59 Å². The lowest BCUT2D eigenvalue weighted by Crippen LogP contribution is -2.06. The number of hydrogen-bond donors (Lipinski definition) is 0. The van der Waals surface area contributed by atoms with Crippen molar-refractivity contribution in [2.75, 3.05) is 14.2 Å². The van der Waals surface area contributed by atoms with Crippen LogP contribution in [0, 0.1) is 13.8 Å². The summed E-state index contributed by atoms with van der Waals surface area (Å²) >= 11 is 6.20. The molecule has 184 valence electrons. The molecule has 4 rings (SSSR count). The average molecular weight is 507 g/mol. The van der Waals surface area contributed by atoms with Crippen molar-refractivity contribution in [1.82, 2.24) is 0 Å². The first-order valence-corrected chi connectivity index (χ1v) is 11.3. The molecule has 0 amide bonds. The van der Waals surface area contributed by atoms with Crippen LogP contribution in [0.25, 0.3) is 17.0 Å². The summed E-state index contributed by atoms with van der Waals surface area (Å²) in [6.45, 7) is 3.72. The van der Waals surface area contributed by atoms with Crippen LogP contribution >= 0.6 is 11.6 Å². The summed E-state index contributed by atoms with van der Waals surface area (Å²) in [5.74, 6) is 1.27. The van der Waals surface area contributed by atoms with Crippen LogP contribution < -0.4 is 24.4 Å². The van der Waals surface area contributed by atoms with E-state index in [0.29, 0.717) is 22.3 Å². The number of ether oxygens (including phenoxy) is 4. The van der Waals surface area contributed by atoms with Crippen molar-refractivity contribution in [3.63, 3.8) is 0 Å². The molecule has 0 bridgehead atoms. The lowest BCUT2D eigenvalue weighted by Gasteiger charge is -2.09. The zero-order valence-electron chi connectivity index (χ0n) is 20.1. The van der Waals surface area contributed by atoms with Gasteiger partial charge in [0, 0.05) is 17.2 Å². The summed E-state index contributed by atoms with van der Waals surface area (Å²) in [7, 11) is 3.08. The fourth-order valence-corrected chi connectivity index (χ4v) is 3.70. The minimum atomic E-state index is -0.597. The SMILES string of the molecule is COc1ccc(C=CC(=O)Oc2ccc3c(=O)c(Oc4cc(C)c(Cl)c(C)c4)coc3c2)cc1OC. The quantitative estimate of drug-likeness (QED) is 0.161. The summed E-state index contributed by atoms with van der Waals surface area (Å²) in [5.41, 5.74) is 2.30. The standard InChI is InChI=1S/C28H23ClO7/c1-16-11-20(12-17(2)27(16)29)35-25-15-34-23-14-19(7-8-21(23)28(25)31)36-26(30)10-6-18-5-9-22(32-3)24(13-18)33-4/h5-15H,1-4H3. The van der Waals surface area contributed by atoms with E-state index in [1.807, 2.05) is 13.8 Å². The molecule has 36 heavy (non-hydrogen) atoms. The third kappa shape index (κ3) is 5.37. The highest BCUT2D eigenvalue weighted by Gasteiger charge is 2.13. The van der Waals surface area contributed by atoms with E-state index < -0.39 is 5.97 Å².